The van der Waals surface area contributed by atoms with E-state index in [0.29, 0.717) is 11.1 Å². The molecular weight excluding hydrogens is 374 g/mol. The number of ketones is 1. The van der Waals surface area contributed by atoms with Gasteiger partial charge in [-0.2, -0.15) is 0 Å². The van der Waals surface area contributed by atoms with E-state index in [9.17, 15) is 24.9 Å². The SMILES string of the molecule is COc1cc([C@@H]2C(=C(O)c3ccc(C)cc3)C(=O)C(=O)N2C[C@H](C)O)ccc1O. The smallest absolute Gasteiger partial charge is 0.295 e. The van der Waals surface area contributed by atoms with Crippen molar-refractivity contribution in [1.29, 1.82) is 0 Å². The number of nitrogens with zero attached hydrogens (tertiary/aromatic N) is 1. The molecule has 0 radical (unpaired) electrons. The van der Waals surface area contributed by atoms with Crippen LogP contribution in [0.1, 0.15) is 29.7 Å². The highest BCUT2D eigenvalue weighted by molar-refractivity contribution is 6.46. The van der Waals surface area contributed by atoms with Crippen LogP contribution in [-0.2, 0) is 9.59 Å². The molecule has 0 bridgehead atoms. The summed E-state index contributed by atoms with van der Waals surface area (Å²) in [7, 11) is 1.39. The van der Waals surface area contributed by atoms with E-state index in [1.54, 1.807) is 30.3 Å². The van der Waals surface area contributed by atoms with Crippen molar-refractivity contribution in [3.05, 3.63) is 64.7 Å². The number of phenols is 1. The second kappa shape index (κ2) is 7.97. The van der Waals surface area contributed by atoms with Crippen molar-refractivity contribution < 1.29 is 29.6 Å². The van der Waals surface area contributed by atoms with Gasteiger partial charge in [-0.25, -0.2) is 0 Å². The van der Waals surface area contributed by atoms with Crippen LogP contribution in [0.25, 0.3) is 5.76 Å². The zero-order valence-corrected chi connectivity index (χ0v) is 16.4. The highest BCUT2D eigenvalue weighted by Crippen LogP contribution is 2.41. The Labute approximate surface area is 168 Å². The first-order valence-corrected chi connectivity index (χ1v) is 9.15. The van der Waals surface area contributed by atoms with Crippen molar-refractivity contribution in [3.8, 4) is 11.5 Å². The number of rotatable bonds is 5. The molecule has 1 fully saturated rings. The molecule has 3 N–H and O–H groups in total. The molecule has 2 aromatic rings. The number of aryl methyl sites for hydroxylation is 1. The van der Waals surface area contributed by atoms with Crippen LogP contribution in [0.5, 0.6) is 11.5 Å². The number of hydrogen-bond acceptors (Lipinski definition) is 6. The van der Waals surface area contributed by atoms with Crippen LogP contribution in [0, 0.1) is 6.92 Å². The first-order chi connectivity index (χ1) is 13.7. The van der Waals surface area contributed by atoms with E-state index < -0.39 is 23.8 Å². The lowest BCUT2D eigenvalue weighted by Crippen LogP contribution is -2.35. The number of carbonyl (C=O) groups is 2. The van der Waals surface area contributed by atoms with Crippen molar-refractivity contribution >= 4 is 17.4 Å². The summed E-state index contributed by atoms with van der Waals surface area (Å²) in [5.41, 5.74) is 1.78. The number of amides is 1. The van der Waals surface area contributed by atoms with Gasteiger partial charge in [-0.05, 0) is 31.5 Å². The molecular formula is C22H23NO6. The third-order valence-electron chi connectivity index (χ3n) is 4.85. The molecule has 0 unspecified atom stereocenters. The van der Waals surface area contributed by atoms with Gasteiger partial charge in [0, 0.05) is 12.1 Å². The van der Waals surface area contributed by atoms with E-state index in [4.69, 9.17) is 4.74 Å². The Balaban J connectivity index is 2.21. The predicted molar refractivity (Wildman–Crippen MR) is 107 cm³/mol. The molecule has 0 saturated carbocycles. The lowest BCUT2D eigenvalue weighted by atomic mass is 9.94. The Hall–Kier alpha value is -3.32. The van der Waals surface area contributed by atoms with Crippen LogP contribution in [-0.4, -0.2) is 51.7 Å². The minimum absolute atomic E-state index is 0.0766. The Bertz CT molecular complexity index is 977. The summed E-state index contributed by atoms with van der Waals surface area (Å²) >= 11 is 0. The first kappa shape index (κ1) is 20.4. The van der Waals surface area contributed by atoms with Crippen molar-refractivity contribution in [3.63, 3.8) is 0 Å². The van der Waals surface area contributed by atoms with Gasteiger partial charge in [0.25, 0.3) is 11.7 Å². The summed E-state index contributed by atoms with van der Waals surface area (Å²) in [6, 6.07) is 10.4. The highest BCUT2D eigenvalue weighted by atomic mass is 16.5. The maximum atomic E-state index is 12.8. The molecule has 7 heteroatoms. The minimum atomic E-state index is -0.930. The van der Waals surface area contributed by atoms with Gasteiger partial charge < -0.3 is 25.0 Å². The van der Waals surface area contributed by atoms with Crippen LogP contribution >= 0.6 is 0 Å². The molecule has 1 aliphatic rings. The van der Waals surface area contributed by atoms with Gasteiger partial charge in [-0.3, -0.25) is 9.59 Å². The summed E-state index contributed by atoms with van der Waals surface area (Å²) in [6.45, 7) is 3.31. The molecule has 2 atom stereocenters. The maximum absolute atomic E-state index is 12.8. The van der Waals surface area contributed by atoms with Gasteiger partial charge in [0.1, 0.15) is 5.76 Å². The second-order valence-electron chi connectivity index (χ2n) is 7.10. The molecule has 1 saturated heterocycles. The average molecular weight is 397 g/mol. The maximum Gasteiger partial charge on any atom is 0.295 e. The number of aliphatic hydroxyl groups is 2. The molecule has 152 valence electrons. The summed E-state index contributed by atoms with van der Waals surface area (Å²) in [5.74, 6) is -1.87. The van der Waals surface area contributed by atoms with Gasteiger partial charge in [0.05, 0.1) is 24.8 Å². The van der Waals surface area contributed by atoms with Gasteiger partial charge in [-0.1, -0.05) is 35.9 Å². The number of ether oxygens (including phenoxy) is 1. The third kappa shape index (κ3) is 3.82. The second-order valence-corrected chi connectivity index (χ2v) is 7.10. The number of aromatic hydroxyl groups is 1. The quantitative estimate of drug-likeness (QED) is 0.407. The van der Waals surface area contributed by atoms with Gasteiger partial charge in [0.15, 0.2) is 11.5 Å². The molecule has 1 aliphatic heterocycles. The van der Waals surface area contributed by atoms with Crippen LogP contribution in [0.2, 0.25) is 0 Å². The van der Waals surface area contributed by atoms with E-state index in [1.165, 1.54) is 31.1 Å². The molecule has 3 rings (SSSR count). The zero-order valence-electron chi connectivity index (χ0n) is 16.4. The monoisotopic (exact) mass is 397 g/mol. The number of carbonyl (C=O) groups excluding carboxylic acids is 2. The molecule has 7 nitrogen and oxygen atoms in total. The Morgan fingerprint density at radius 1 is 1.17 bits per heavy atom. The fraction of sp³-hybridized carbons (Fsp3) is 0.273. The fourth-order valence-corrected chi connectivity index (χ4v) is 3.43. The number of hydrogen-bond donors (Lipinski definition) is 3. The number of methoxy groups -OCH3 is 1. The predicted octanol–water partition coefficient (Wildman–Crippen LogP) is 2.51. The largest absolute Gasteiger partial charge is 0.507 e. The standard InChI is InChI=1S/C22H23NO6/c1-12-4-6-14(7-5-12)20(26)18-19(15-8-9-16(25)17(10-15)29-3)23(11-13(2)24)22(28)21(18)27/h4-10,13,19,24-26H,11H2,1-3H3/t13-,19+/m0/s1. The number of phenolic OH excluding ortho intramolecular Hbond substituents is 1. The van der Waals surface area contributed by atoms with Crippen molar-refractivity contribution in [1.82, 2.24) is 4.90 Å². The average Bonchev–Trinajstić information content (AvgIpc) is 2.93. The first-order valence-electron chi connectivity index (χ1n) is 9.15. The van der Waals surface area contributed by atoms with Crippen molar-refractivity contribution in [2.45, 2.75) is 26.0 Å². The molecule has 0 spiro atoms. The van der Waals surface area contributed by atoms with E-state index in [-0.39, 0.29) is 29.4 Å². The van der Waals surface area contributed by atoms with Crippen molar-refractivity contribution in [2.75, 3.05) is 13.7 Å². The van der Waals surface area contributed by atoms with Crippen LogP contribution in [0.4, 0.5) is 0 Å². The number of β-amino-alcohol motifs (C(OH)–C–C–N with tert-alkyl or cyclic N) is 1. The molecule has 29 heavy (non-hydrogen) atoms. The van der Waals surface area contributed by atoms with Crippen LogP contribution < -0.4 is 4.74 Å². The normalized spacial score (nSPS) is 19.4. The number of likely N-dealkylation sites (tertiary alicyclic amines) is 1. The number of aliphatic hydroxyl groups excluding tert-OH is 2. The van der Waals surface area contributed by atoms with E-state index in [2.05, 4.69) is 0 Å². The molecule has 0 aromatic heterocycles. The van der Waals surface area contributed by atoms with Crippen molar-refractivity contribution in [2.24, 2.45) is 0 Å². The summed E-state index contributed by atoms with van der Waals surface area (Å²) in [6.07, 6.45) is -0.880. The van der Waals surface area contributed by atoms with E-state index >= 15 is 0 Å². The number of benzene rings is 2. The summed E-state index contributed by atoms with van der Waals surface area (Å²) in [5, 5.41) is 30.6. The van der Waals surface area contributed by atoms with E-state index in [1.807, 2.05) is 6.92 Å². The van der Waals surface area contributed by atoms with E-state index in [0.717, 1.165) is 5.56 Å². The summed E-state index contributed by atoms with van der Waals surface area (Å²) < 4.78 is 5.14. The lowest BCUT2D eigenvalue weighted by molar-refractivity contribution is -0.140. The van der Waals surface area contributed by atoms with Gasteiger partial charge in [-0.15, -0.1) is 0 Å². The zero-order chi connectivity index (χ0) is 21.3. The Morgan fingerprint density at radius 3 is 2.41 bits per heavy atom. The lowest BCUT2D eigenvalue weighted by Gasteiger charge is -2.26. The molecule has 2 aromatic carbocycles. The van der Waals surface area contributed by atoms with Gasteiger partial charge >= 0.3 is 0 Å². The summed E-state index contributed by atoms with van der Waals surface area (Å²) in [4.78, 5) is 26.7. The minimum Gasteiger partial charge on any atom is -0.507 e. The Morgan fingerprint density at radius 2 is 1.83 bits per heavy atom. The van der Waals surface area contributed by atoms with Gasteiger partial charge in [0.2, 0.25) is 0 Å². The number of Topliss-reactive ketones (excluding diaryl/α,β-unsaturated/α-hetero) is 1. The molecule has 0 aliphatic carbocycles. The fourth-order valence-electron chi connectivity index (χ4n) is 3.43. The van der Waals surface area contributed by atoms with Crippen LogP contribution in [0.3, 0.4) is 0 Å². The van der Waals surface area contributed by atoms with Crippen LogP contribution in [0.15, 0.2) is 48.0 Å². The molecule has 1 heterocycles. The molecule has 1 amide bonds. The third-order valence-corrected chi connectivity index (χ3v) is 4.85. The Kier molecular flexibility index (Phi) is 5.61. The topological polar surface area (TPSA) is 107 Å². The highest BCUT2D eigenvalue weighted by Gasteiger charge is 2.46.